The second kappa shape index (κ2) is 9.33. The Balaban J connectivity index is 1.72. The number of carboxylic acids is 1. The van der Waals surface area contributed by atoms with Crippen LogP contribution in [0.1, 0.15) is 28.8 Å². The van der Waals surface area contributed by atoms with Crippen molar-refractivity contribution in [2.75, 3.05) is 13.1 Å². The zero-order valence-electron chi connectivity index (χ0n) is 16.7. The molecule has 33 heavy (non-hydrogen) atoms. The third kappa shape index (κ3) is 5.74. The van der Waals surface area contributed by atoms with Gasteiger partial charge in [-0.15, -0.1) is 0 Å². The molecular formula is C19H18BrF3N2O6S2. The van der Waals surface area contributed by atoms with Gasteiger partial charge in [-0.1, -0.05) is 15.9 Å². The minimum Gasteiger partial charge on any atom is -0.478 e. The third-order valence-corrected chi connectivity index (χ3v) is 9.04. The Kier molecular flexibility index (Phi) is 7.24. The van der Waals surface area contributed by atoms with E-state index in [1.165, 1.54) is 18.2 Å². The molecule has 1 aliphatic heterocycles. The molecule has 2 N–H and O–H groups in total. The average Bonchev–Trinajstić information content (AvgIpc) is 2.73. The zero-order chi connectivity index (χ0) is 24.6. The summed E-state index contributed by atoms with van der Waals surface area (Å²) in [7, 11) is -8.47. The highest BCUT2D eigenvalue weighted by molar-refractivity contribution is 9.10. The number of hydrogen-bond acceptors (Lipinski definition) is 5. The van der Waals surface area contributed by atoms with Crippen molar-refractivity contribution < 1.29 is 39.9 Å². The van der Waals surface area contributed by atoms with Gasteiger partial charge >= 0.3 is 12.1 Å². The molecule has 14 heteroatoms. The van der Waals surface area contributed by atoms with E-state index in [0.29, 0.717) is 6.07 Å². The summed E-state index contributed by atoms with van der Waals surface area (Å²) in [5, 5.41) is 8.93. The number of nitrogens with zero attached hydrogens (tertiary/aromatic N) is 1. The molecule has 3 rings (SSSR count). The third-order valence-electron chi connectivity index (χ3n) is 5.05. The smallest absolute Gasteiger partial charge is 0.417 e. The maximum Gasteiger partial charge on any atom is 0.417 e. The highest BCUT2D eigenvalue weighted by Crippen LogP contribution is 2.36. The van der Waals surface area contributed by atoms with Crippen LogP contribution in [0, 0.1) is 0 Å². The summed E-state index contributed by atoms with van der Waals surface area (Å²) in [6.07, 6.45) is -4.80. The second-order valence-corrected chi connectivity index (χ2v) is 11.8. The fourth-order valence-corrected chi connectivity index (χ4v) is 6.72. The summed E-state index contributed by atoms with van der Waals surface area (Å²) in [5.74, 6) is -1.20. The SMILES string of the molecule is O=C(O)c1ccc(S(=O)(=O)N2CCC(NS(=O)(=O)c3ccc(Br)cc3C(F)(F)F)CC2)cc1. The first-order chi connectivity index (χ1) is 15.2. The summed E-state index contributed by atoms with van der Waals surface area (Å²) in [5.41, 5.74) is -1.39. The molecule has 0 atom stereocenters. The normalized spacial score (nSPS) is 16.6. The van der Waals surface area contributed by atoms with E-state index in [4.69, 9.17) is 5.11 Å². The largest absolute Gasteiger partial charge is 0.478 e. The summed E-state index contributed by atoms with van der Waals surface area (Å²) in [4.78, 5) is 9.90. The minimum absolute atomic E-state index is 0.0452. The molecular weight excluding hydrogens is 553 g/mol. The van der Waals surface area contributed by atoms with E-state index < -0.39 is 48.7 Å². The molecule has 8 nitrogen and oxygen atoms in total. The van der Waals surface area contributed by atoms with Gasteiger partial charge < -0.3 is 5.11 Å². The predicted octanol–water partition coefficient (Wildman–Crippen LogP) is 3.30. The first-order valence-corrected chi connectivity index (χ1v) is 13.2. The molecule has 0 saturated carbocycles. The zero-order valence-corrected chi connectivity index (χ0v) is 19.9. The van der Waals surface area contributed by atoms with E-state index >= 15 is 0 Å². The van der Waals surface area contributed by atoms with E-state index in [1.54, 1.807) is 0 Å². The van der Waals surface area contributed by atoms with Crippen LogP contribution in [-0.2, 0) is 26.2 Å². The molecule has 1 heterocycles. The lowest BCUT2D eigenvalue weighted by Crippen LogP contribution is -2.46. The minimum atomic E-state index is -4.89. The lowest BCUT2D eigenvalue weighted by atomic mass is 10.1. The molecule has 1 fully saturated rings. The number of carboxylic acid groups (broad SMARTS) is 1. The standard InChI is InChI=1S/C19H18BrF3N2O6S2/c20-13-3-6-17(16(11-13)19(21,22)23)32(28,29)24-14-7-9-25(10-8-14)33(30,31)15-4-1-12(2-5-15)18(26)27/h1-6,11,14,24H,7-10H2,(H,26,27). The molecule has 1 aliphatic rings. The first kappa shape index (κ1) is 25.6. The average molecular weight is 571 g/mol. The Morgan fingerprint density at radius 2 is 1.61 bits per heavy atom. The number of benzene rings is 2. The van der Waals surface area contributed by atoms with E-state index in [9.17, 15) is 34.8 Å². The van der Waals surface area contributed by atoms with Gasteiger partial charge in [0.2, 0.25) is 20.0 Å². The van der Waals surface area contributed by atoms with Gasteiger partial charge in [-0.05, 0) is 55.3 Å². The van der Waals surface area contributed by atoms with Crippen molar-refractivity contribution in [1.29, 1.82) is 0 Å². The monoisotopic (exact) mass is 570 g/mol. The van der Waals surface area contributed by atoms with Gasteiger partial charge in [-0.3, -0.25) is 0 Å². The van der Waals surface area contributed by atoms with E-state index in [-0.39, 0.29) is 40.9 Å². The second-order valence-electron chi connectivity index (χ2n) is 7.27. The molecule has 0 aromatic heterocycles. The fourth-order valence-electron chi connectivity index (χ4n) is 3.37. The van der Waals surface area contributed by atoms with E-state index in [1.807, 2.05) is 0 Å². The van der Waals surface area contributed by atoms with Gasteiger partial charge in [0.05, 0.1) is 20.9 Å². The maximum atomic E-state index is 13.3. The molecule has 0 spiro atoms. The Labute approximate surface area is 196 Å². The first-order valence-electron chi connectivity index (χ1n) is 9.44. The Morgan fingerprint density at radius 1 is 1.03 bits per heavy atom. The molecule has 0 amide bonds. The molecule has 0 bridgehead atoms. The number of alkyl halides is 3. The van der Waals surface area contributed by atoms with Crippen molar-refractivity contribution in [2.45, 2.75) is 34.9 Å². The van der Waals surface area contributed by atoms with Crippen LogP contribution >= 0.6 is 15.9 Å². The molecule has 2 aromatic carbocycles. The van der Waals surface area contributed by atoms with Crippen molar-refractivity contribution >= 4 is 41.9 Å². The number of hydrogen-bond donors (Lipinski definition) is 2. The lowest BCUT2D eigenvalue weighted by Gasteiger charge is -2.31. The van der Waals surface area contributed by atoms with Crippen LogP contribution in [0.4, 0.5) is 13.2 Å². The summed E-state index contributed by atoms with van der Waals surface area (Å²) in [6, 6.07) is 6.61. The van der Waals surface area contributed by atoms with Gasteiger partial charge in [0.1, 0.15) is 0 Å². The van der Waals surface area contributed by atoms with Crippen LogP contribution in [0.15, 0.2) is 56.7 Å². The summed E-state index contributed by atoms with van der Waals surface area (Å²) >= 11 is 2.90. The van der Waals surface area contributed by atoms with Crippen molar-refractivity contribution in [2.24, 2.45) is 0 Å². The molecule has 2 aromatic rings. The van der Waals surface area contributed by atoms with Gasteiger partial charge in [0.15, 0.2) is 0 Å². The number of sulfonamides is 2. The van der Waals surface area contributed by atoms with Crippen molar-refractivity contribution in [3.05, 3.63) is 58.1 Å². The summed E-state index contributed by atoms with van der Waals surface area (Å²) < 4.78 is 94.3. The van der Waals surface area contributed by atoms with Crippen LogP contribution in [0.3, 0.4) is 0 Å². The molecule has 0 radical (unpaired) electrons. The summed E-state index contributed by atoms with van der Waals surface area (Å²) in [6.45, 7) is -0.134. The lowest BCUT2D eigenvalue weighted by molar-refractivity contribution is -0.139. The van der Waals surface area contributed by atoms with E-state index in [0.717, 1.165) is 22.5 Å². The number of rotatable bonds is 6. The van der Waals surface area contributed by atoms with Crippen molar-refractivity contribution in [3.63, 3.8) is 0 Å². The van der Waals surface area contributed by atoms with Crippen LogP contribution in [0.25, 0.3) is 0 Å². The quantitative estimate of drug-likeness (QED) is 0.549. The predicted molar refractivity (Wildman–Crippen MR) is 115 cm³/mol. The molecule has 0 aliphatic carbocycles. The number of halogens is 4. The highest BCUT2D eigenvalue weighted by Gasteiger charge is 2.38. The molecule has 0 unspecified atom stereocenters. The van der Waals surface area contributed by atoms with E-state index in [2.05, 4.69) is 20.7 Å². The van der Waals surface area contributed by atoms with Crippen molar-refractivity contribution in [3.8, 4) is 0 Å². The molecule has 1 saturated heterocycles. The Morgan fingerprint density at radius 3 is 2.12 bits per heavy atom. The Bertz CT molecular complexity index is 1260. The Hall–Kier alpha value is -2.00. The number of aromatic carboxylic acids is 1. The maximum absolute atomic E-state index is 13.3. The van der Waals surface area contributed by atoms with Crippen LogP contribution in [0.5, 0.6) is 0 Å². The van der Waals surface area contributed by atoms with Crippen LogP contribution in [0.2, 0.25) is 0 Å². The van der Waals surface area contributed by atoms with Crippen molar-refractivity contribution in [1.82, 2.24) is 9.03 Å². The fraction of sp³-hybridized carbons (Fsp3) is 0.316. The highest BCUT2D eigenvalue weighted by atomic mass is 79.9. The van der Waals surface area contributed by atoms with Gasteiger partial charge in [-0.2, -0.15) is 17.5 Å². The van der Waals surface area contributed by atoms with Gasteiger partial charge in [0, 0.05) is 23.6 Å². The van der Waals surface area contributed by atoms with Crippen LogP contribution < -0.4 is 4.72 Å². The molecule has 180 valence electrons. The number of piperidine rings is 1. The topological polar surface area (TPSA) is 121 Å². The van der Waals surface area contributed by atoms with Crippen LogP contribution in [-0.4, -0.2) is 51.3 Å². The van der Waals surface area contributed by atoms with Gasteiger partial charge in [0.25, 0.3) is 0 Å². The number of nitrogens with one attached hydrogen (secondary N) is 1. The van der Waals surface area contributed by atoms with Gasteiger partial charge in [-0.25, -0.2) is 26.4 Å². The number of carbonyl (C=O) groups is 1.